The quantitative estimate of drug-likeness (QED) is 0.839. The van der Waals surface area contributed by atoms with Crippen molar-refractivity contribution in [2.75, 3.05) is 14.2 Å². The Morgan fingerprint density at radius 3 is 2.72 bits per heavy atom. The van der Waals surface area contributed by atoms with E-state index in [-0.39, 0.29) is 5.60 Å². The molecule has 0 radical (unpaired) electrons. The molecule has 4 nitrogen and oxygen atoms in total. The lowest BCUT2D eigenvalue weighted by Gasteiger charge is -2.36. The molecule has 1 aliphatic carbocycles. The van der Waals surface area contributed by atoms with E-state index < -0.39 is 0 Å². The molecule has 0 aliphatic heterocycles. The summed E-state index contributed by atoms with van der Waals surface area (Å²) < 4.78 is 7.96. The van der Waals surface area contributed by atoms with Crippen molar-refractivity contribution in [3.63, 3.8) is 0 Å². The van der Waals surface area contributed by atoms with Gasteiger partial charge in [0.2, 0.25) is 0 Å². The first-order valence-corrected chi connectivity index (χ1v) is 6.90. The number of rotatable bonds is 6. The molecule has 1 aliphatic rings. The number of aromatic nitrogens is 2. The number of imidazole rings is 1. The zero-order chi connectivity index (χ0) is 13.0. The van der Waals surface area contributed by atoms with Gasteiger partial charge in [-0.15, -0.1) is 0 Å². The zero-order valence-corrected chi connectivity index (χ0v) is 11.8. The van der Waals surface area contributed by atoms with Crippen molar-refractivity contribution in [2.24, 2.45) is 7.05 Å². The third kappa shape index (κ3) is 2.59. The molecule has 0 bridgehead atoms. The van der Waals surface area contributed by atoms with E-state index in [4.69, 9.17) is 4.74 Å². The summed E-state index contributed by atoms with van der Waals surface area (Å²) in [6.07, 6.45) is 10.9. The molecule has 0 saturated heterocycles. The van der Waals surface area contributed by atoms with Crippen LogP contribution in [-0.2, 0) is 18.2 Å². The van der Waals surface area contributed by atoms with Crippen molar-refractivity contribution in [1.29, 1.82) is 0 Å². The summed E-state index contributed by atoms with van der Waals surface area (Å²) in [5, 5.41) is 3.46. The van der Waals surface area contributed by atoms with Crippen LogP contribution >= 0.6 is 0 Å². The normalized spacial score (nSPS) is 20.2. The number of hydrogen-bond donors (Lipinski definition) is 1. The van der Waals surface area contributed by atoms with Crippen molar-refractivity contribution in [1.82, 2.24) is 14.9 Å². The van der Waals surface area contributed by atoms with Gasteiger partial charge in [-0.2, -0.15) is 0 Å². The Kier molecular flexibility index (Phi) is 4.40. The Balaban J connectivity index is 1.98. The summed E-state index contributed by atoms with van der Waals surface area (Å²) in [6, 6.07) is 0.418. The van der Waals surface area contributed by atoms with E-state index in [9.17, 15) is 0 Å². The highest BCUT2D eigenvalue weighted by Gasteiger charge is 2.40. The van der Waals surface area contributed by atoms with Crippen LogP contribution in [0.15, 0.2) is 12.4 Å². The summed E-state index contributed by atoms with van der Waals surface area (Å²) in [5.74, 6) is 1.15. The van der Waals surface area contributed by atoms with Crippen molar-refractivity contribution < 1.29 is 4.74 Å². The second-order valence-corrected chi connectivity index (χ2v) is 5.31. The zero-order valence-electron chi connectivity index (χ0n) is 11.8. The van der Waals surface area contributed by atoms with Crippen LogP contribution in [0.25, 0.3) is 0 Å². The molecular weight excluding hydrogens is 226 g/mol. The van der Waals surface area contributed by atoms with Gasteiger partial charge in [0.1, 0.15) is 5.82 Å². The van der Waals surface area contributed by atoms with Gasteiger partial charge in [0.15, 0.2) is 0 Å². The molecule has 0 aromatic carbocycles. The van der Waals surface area contributed by atoms with Crippen LogP contribution in [-0.4, -0.2) is 35.4 Å². The first-order chi connectivity index (χ1) is 8.72. The Morgan fingerprint density at radius 2 is 2.22 bits per heavy atom. The highest BCUT2D eigenvalue weighted by molar-refractivity contribution is 4.99. The number of methoxy groups -OCH3 is 1. The lowest BCUT2D eigenvalue weighted by molar-refractivity contribution is -0.0359. The summed E-state index contributed by atoms with van der Waals surface area (Å²) in [6.45, 7) is 0. The molecule has 0 spiro atoms. The second-order valence-electron chi connectivity index (χ2n) is 5.31. The van der Waals surface area contributed by atoms with E-state index >= 15 is 0 Å². The molecular formula is C14H25N3O. The largest absolute Gasteiger partial charge is 0.377 e. The molecule has 1 aromatic heterocycles. The van der Waals surface area contributed by atoms with Gasteiger partial charge in [0.25, 0.3) is 0 Å². The number of ether oxygens (including phenoxy) is 1. The van der Waals surface area contributed by atoms with Gasteiger partial charge in [-0.3, -0.25) is 0 Å². The van der Waals surface area contributed by atoms with E-state index in [1.54, 1.807) is 0 Å². The molecule has 1 aromatic rings. The average Bonchev–Trinajstić information content (AvgIpc) is 3.01. The molecule has 1 unspecified atom stereocenters. The maximum absolute atomic E-state index is 5.86. The maximum atomic E-state index is 5.86. The smallest absolute Gasteiger partial charge is 0.108 e. The first-order valence-electron chi connectivity index (χ1n) is 6.90. The Morgan fingerprint density at radius 1 is 1.50 bits per heavy atom. The summed E-state index contributed by atoms with van der Waals surface area (Å²) in [5.41, 5.74) is 0.0416. The molecule has 0 amide bonds. The Hall–Kier alpha value is -0.870. The lowest BCUT2D eigenvalue weighted by Crippen LogP contribution is -2.49. The fourth-order valence-electron chi connectivity index (χ4n) is 3.25. The number of nitrogens with one attached hydrogen (secondary N) is 1. The van der Waals surface area contributed by atoms with E-state index in [1.807, 2.05) is 26.6 Å². The Bertz CT molecular complexity index is 369. The predicted octanol–water partition coefficient (Wildman–Crippen LogP) is 1.90. The van der Waals surface area contributed by atoms with Gasteiger partial charge in [-0.05, 0) is 26.3 Å². The van der Waals surface area contributed by atoms with Crippen LogP contribution in [0.3, 0.4) is 0 Å². The second kappa shape index (κ2) is 5.85. The standard InChI is InChI=1S/C14H25N3O/c1-15-12(14(18-3)8-4-5-9-14)6-7-13-16-10-11-17(13)2/h10-12,15H,4-9H2,1-3H3. The van der Waals surface area contributed by atoms with Gasteiger partial charge >= 0.3 is 0 Å². The average molecular weight is 251 g/mol. The molecule has 1 saturated carbocycles. The van der Waals surface area contributed by atoms with Crippen molar-refractivity contribution >= 4 is 0 Å². The molecule has 102 valence electrons. The van der Waals surface area contributed by atoms with Gasteiger partial charge in [-0.25, -0.2) is 4.98 Å². The van der Waals surface area contributed by atoms with Crippen molar-refractivity contribution in [3.05, 3.63) is 18.2 Å². The number of hydrogen-bond acceptors (Lipinski definition) is 3. The SMILES string of the molecule is CNC(CCc1nccn1C)C1(OC)CCCC1. The fraction of sp³-hybridized carbons (Fsp3) is 0.786. The van der Waals surface area contributed by atoms with Crippen molar-refractivity contribution in [2.45, 2.75) is 50.2 Å². The molecule has 18 heavy (non-hydrogen) atoms. The number of aryl methyl sites for hydroxylation is 2. The van der Waals surface area contributed by atoms with Gasteiger partial charge in [-0.1, -0.05) is 12.8 Å². The van der Waals surface area contributed by atoms with Crippen LogP contribution in [0.4, 0.5) is 0 Å². The highest BCUT2D eigenvalue weighted by atomic mass is 16.5. The van der Waals surface area contributed by atoms with Crippen LogP contribution in [0.1, 0.15) is 37.9 Å². The minimum absolute atomic E-state index is 0.0416. The minimum atomic E-state index is 0.0416. The number of likely N-dealkylation sites (N-methyl/N-ethyl adjacent to an activating group) is 1. The summed E-state index contributed by atoms with van der Waals surface area (Å²) in [7, 11) is 5.96. The lowest BCUT2D eigenvalue weighted by atomic mass is 9.88. The fourth-order valence-corrected chi connectivity index (χ4v) is 3.25. The maximum Gasteiger partial charge on any atom is 0.108 e. The molecule has 4 heteroatoms. The van der Waals surface area contributed by atoms with Gasteiger partial charge in [0, 0.05) is 39.0 Å². The van der Waals surface area contributed by atoms with E-state index in [0.29, 0.717) is 6.04 Å². The van der Waals surface area contributed by atoms with E-state index in [2.05, 4.69) is 21.9 Å². The molecule has 1 fully saturated rings. The van der Waals surface area contributed by atoms with Crippen LogP contribution in [0.5, 0.6) is 0 Å². The number of nitrogens with zero attached hydrogens (tertiary/aromatic N) is 2. The molecule has 1 heterocycles. The summed E-state index contributed by atoms with van der Waals surface area (Å²) in [4.78, 5) is 4.39. The van der Waals surface area contributed by atoms with E-state index in [0.717, 1.165) is 18.7 Å². The van der Waals surface area contributed by atoms with Crippen molar-refractivity contribution in [3.8, 4) is 0 Å². The molecule has 2 rings (SSSR count). The van der Waals surface area contributed by atoms with Gasteiger partial charge in [0.05, 0.1) is 5.60 Å². The topological polar surface area (TPSA) is 39.1 Å². The minimum Gasteiger partial charge on any atom is -0.377 e. The first kappa shape index (κ1) is 13.6. The molecule has 1 N–H and O–H groups in total. The van der Waals surface area contributed by atoms with Gasteiger partial charge < -0.3 is 14.6 Å². The van der Waals surface area contributed by atoms with Crippen LogP contribution in [0.2, 0.25) is 0 Å². The summed E-state index contributed by atoms with van der Waals surface area (Å²) >= 11 is 0. The predicted molar refractivity (Wildman–Crippen MR) is 72.6 cm³/mol. The highest BCUT2D eigenvalue weighted by Crippen LogP contribution is 2.36. The van der Waals surface area contributed by atoms with E-state index in [1.165, 1.54) is 25.7 Å². The Labute approximate surface area is 110 Å². The third-order valence-corrected chi connectivity index (χ3v) is 4.42. The van der Waals surface area contributed by atoms with Crippen LogP contribution in [0, 0.1) is 0 Å². The monoisotopic (exact) mass is 251 g/mol. The molecule has 1 atom stereocenters. The third-order valence-electron chi connectivity index (χ3n) is 4.42. The van der Waals surface area contributed by atoms with Crippen LogP contribution < -0.4 is 5.32 Å².